The number of ether oxygens (including phenoxy) is 1. The monoisotopic (exact) mass is 591 g/mol. The number of esters is 1. The van der Waals surface area contributed by atoms with Crippen LogP contribution in [-0.4, -0.2) is 44.1 Å². The second-order valence-electron chi connectivity index (χ2n) is 7.79. The Kier molecular flexibility index (Phi) is 7.52. The van der Waals surface area contributed by atoms with Crippen LogP contribution in [0.3, 0.4) is 0 Å². The number of halogens is 1. The molecule has 0 bridgehead atoms. The van der Waals surface area contributed by atoms with Gasteiger partial charge in [0, 0.05) is 35.9 Å². The van der Waals surface area contributed by atoms with Gasteiger partial charge in [-0.3, -0.25) is 14.4 Å². The van der Waals surface area contributed by atoms with Crippen LogP contribution in [0.4, 0.5) is 0 Å². The van der Waals surface area contributed by atoms with Gasteiger partial charge in [-0.2, -0.15) is 18.6 Å². The van der Waals surface area contributed by atoms with Crippen LogP contribution in [0.25, 0.3) is 11.0 Å². The van der Waals surface area contributed by atoms with Crippen molar-refractivity contribution in [1.29, 1.82) is 0 Å². The number of aryl methyl sites for hydroxylation is 1. The Morgan fingerprint density at radius 3 is 2.49 bits per heavy atom. The molecule has 4 rings (SSSR count). The summed E-state index contributed by atoms with van der Waals surface area (Å²) in [6.45, 7) is 1.12. The average molecular weight is 592 g/mol. The number of benzene rings is 2. The molecule has 37 heavy (non-hydrogen) atoms. The lowest BCUT2D eigenvalue weighted by molar-refractivity contribution is -0.191. The molecule has 0 unspecified atom stereocenters. The van der Waals surface area contributed by atoms with Crippen LogP contribution in [0.5, 0.6) is 5.75 Å². The summed E-state index contributed by atoms with van der Waals surface area (Å²) in [5.41, 5.74) is 0.382. The lowest BCUT2D eigenvalue weighted by Crippen LogP contribution is -2.32. The van der Waals surface area contributed by atoms with E-state index in [2.05, 4.69) is 25.9 Å². The van der Waals surface area contributed by atoms with Crippen LogP contribution in [0.15, 0.2) is 66.1 Å². The van der Waals surface area contributed by atoms with Crippen molar-refractivity contribution >= 4 is 60.9 Å². The minimum Gasteiger partial charge on any atom is -0.423 e. The number of carbonyl (C=O) groups is 3. The van der Waals surface area contributed by atoms with E-state index >= 15 is 0 Å². The van der Waals surface area contributed by atoms with Gasteiger partial charge in [-0.05, 0) is 41.1 Å². The average Bonchev–Trinajstić information content (AvgIpc) is 3.15. The van der Waals surface area contributed by atoms with E-state index in [-0.39, 0.29) is 39.1 Å². The Balaban J connectivity index is 1.51. The van der Waals surface area contributed by atoms with E-state index in [0.29, 0.717) is 10.4 Å². The molecule has 0 spiro atoms. The smallest absolute Gasteiger partial charge is 0.340 e. The lowest BCUT2D eigenvalue weighted by atomic mass is 10.1. The fourth-order valence-electron chi connectivity index (χ4n) is 3.28. The SMILES string of the molecule is Cc1ccc(S(=O)(=O)N/N=C/c2cc(=O)oc3cc(OC(=O)CON4C(=O)CCC4=O)c(Br)cc23)cc1. The van der Waals surface area contributed by atoms with Gasteiger partial charge in [0.05, 0.1) is 15.6 Å². The number of imide groups is 1. The van der Waals surface area contributed by atoms with Gasteiger partial charge in [0.15, 0.2) is 6.61 Å². The summed E-state index contributed by atoms with van der Waals surface area (Å²) < 4.78 is 35.5. The Labute approximate surface area is 218 Å². The number of hydrogen-bond acceptors (Lipinski definition) is 10. The molecule has 3 aromatic rings. The van der Waals surface area contributed by atoms with Crippen LogP contribution >= 0.6 is 15.9 Å². The zero-order chi connectivity index (χ0) is 26.7. The number of nitrogens with zero attached hydrogens (tertiary/aromatic N) is 2. The molecule has 1 aromatic heterocycles. The summed E-state index contributed by atoms with van der Waals surface area (Å²) in [5.74, 6) is -2.06. The molecule has 1 saturated heterocycles. The van der Waals surface area contributed by atoms with Crippen molar-refractivity contribution in [2.75, 3.05) is 6.61 Å². The number of amides is 2. The molecule has 2 amide bonds. The number of rotatable bonds is 8. The van der Waals surface area contributed by atoms with Crippen molar-refractivity contribution in [1.82, 2.24) is 9.89 Å². The summed E-state index contributed by atoms with van der Waals surface area (Å²) in [4.78, 5) is 54.4. The van der Waals surface area contributed by atoms with Gasteiger partial charge in [-0.25, -0.2) is 14.4 Å². The Bertz CT molecular complexity index is 1580. The van der Waals surface area contributed by atoms with Crippen molar-refractivity contribution in [3.63, 3.8) is 0 Å². The van der Waals surface area contributed by atoms with Crippen molar-refractivity contribution in [3.8, 4) is 5.75 Å². The van der Waals surface area contributed by atoms with Crippen LogP contribution < -0.4 is 15.2 Å². The highest BCUT2D eigenvalue weighted by atomic mass is 79.9. The van der Waals surface area contributed by atoms with Gasteiger partial charge >= 0.3 is 11.6 Å². The second-order valence-corrected chi connectivity index (χ2v) is 10.3. The van der Waals surface area contributed by atoms with Crippen molar-refractivity contribution in [3.05, 3.63) is 68.5 Å². The first kappa shape index (κ1) is 26.2. The highest BCUT2D eigenvalue weighted by Crippen LogP contribution is 2.31. The van der Waals surface area contributed by atoms with Crippen LogP contribution in [-0.2, 0) is 29.2 Å². The molecule has 1 N–H and O–H groups in total. The van der Waals surface area contributed by atoms with Gasteiger partial charge in [-0.1, -0.05) is 17.7 Å². The molecule has 0 aliphatic carbocycles. The molecule has 2 aromatic carbocycles. The summed E-state index contributed by atoms with van der Waals surface area (Å²) >= 11 is 3.26. The van der Waals surface area contributed by atoms with Crippen LogP contribution in [0, 0.1) is 6.92 Å². The maximum absolute atomic E-state index is 12.4. The fourth-order valence-corrected chi connectivity index (χ4v) is 4.49. The van der Waals surface area contributed by atoms with E-state index in [1.54, 1.807) is 12.1 Å². The van der Waals surface area contributed by atoms with E-state index in [0.717, 1.165) is 17.8 Å². The third-order valence-corrected chi connectivity index (χ3v) is 6.94. The highest BCUT2D eigenvalue weighted by Gasteiger charge is 2.31. The topological polar surface area (TPSA) is 162 Å². The summed E-state index contributed by atoms with van der Waals surface area (Å²) in [5, 5.41) is 4.64. The zero-order valence-corrected chi connectivity index (χ0v) is 21.5. The van der Waals surface area contributed by atoms with E-state index < -0.39 is 40.0 Å². The molecular formula is C23H18BrN3O9S. The third-order valence-electron chi connectivity index (χ3n) is 5.08. The summed E-state index contributed by atoms with van der Waals surface area (Å²) in [7, 11) is -3.93. The maximum Gasteiger partial charge on any atom is 0.340 e. The molecule has 1 aliphatic heterocycles. The van der Waals surface area contributed by atoms with E-state index in [1.807, 2.05) is 6.92 Å². The molecule has 0 atom stereocenters. The van der Waals surface area contributed by atoms with Crippen LogP contribution in [0.2, 0.25) is 0 Å². The van der Waals surface area contributed by atoms with Crippen molar-refractivity contribution < 1.29 is 36.8 Å². The number of carbonyl (C=O) groups excluding carboxylic acids is 3. The quantitative estimate of drug-likeness (QED) is 0.103. The first-order valence-corrected chi connectivity index (χ1v) is 12.9. The molecule has 0 radical (unpaired) electrons. The summed E-state index contributed by atoms with van der Waals surface area (Å²) in [6, 6.07) is 10.0. The Hall–Kier alpha value is -3.88. The minimum atomic E-state index is -3.93. The Morgan fingerprint density at radius 2 is 1.81 bits per heavy atom. The first-order chi connectivity index (χ1) is 17.5. The number of hydrogen-bond donors (Lipinski definition) is 1. The summed E-state index contributed by atoms with van der Waals surface area (Å²) in [6.07, 6.45) is 1.14. The van der Waals surface area contributed by atoms with Gasteiger partial charge in [0.1, 0.15) is 11.3 Å². The lowest BCUT2D eigenvalue weighted by Gasteiger charge is -2.13. The fraction of sp³-hybridized carbons (Fsp3) is 0.174. The molecular weight excluding hydrogens is 574 g/mol. The predicted molar refractivity (Wildman–Crippen MR) is 132 cm³/mol. The molecule has 0 saturated carbocycles. The molecule has 12 nitrogen and oxygen atoms in total. The van der Waals surface area contributed by atoms with E-state index in [1.165, 1.54) is 24.3 Å². The van der Waals surface area contributed by atoms with Gasteiger partial charge in [0.2, 0.25) is 0 Å². The van der Waals surface area contributed by atoms with Crippen molar-refractivity contribution in [2.45, 2.75) is 24.7 Å². The van der Waals surface area contributed by atoms with Gasteiger partial charge < -0.3 is 9.15 Å². The van der Waals surface area contributed by atoms with Gasteiger partial charge in [0.25, 0.3) is 21.8 Å². The van der Waals surface area contributed by atoms with Crippen LogP contribution in [0.1, 0.15) is 24.0 Å². The number of hydroxylamine groups is 2. The van der Waals surface area contributed by atoms with E-state index in [9.17, 15) is 27.6 Å². The van der Waals surface area contributed by atoms with Crippen molar-refractivity contribution in [2.24, 2.45) is 5.10 Å². The molecule has 1 fully saturated rings. The first-order valence-electron chi connectivity index (χ1n) is 10.6. The molecule has 14 heteroatoms. The highest BCUT2D eigenvalue weighted by molar-refractivity contribution is 9.10. The molecule has 1 aliphatic rings. The van der Waals surface area contributed by atoms with E-state index in [4.69, 9.17) is 14.0 Å². The number of hydrazone groups is 1. The normalized spacial score (nSPS) is 14.1. The third kappa shape index (κ3) is 6.10. The largest absolute Gasteiger partial charge is 0.423 e. The standard InChI is InChI=1S/C23H18BrN3O9S/c1-13-2-4-15(5-3-13)37(32,33)26-25-11-14-8-22(30)35-18-10-19(17(24)9-16(14)18)36-23(31)12-34-27-20(28)6-7-21(27)29/h2-5,8-11,26H,6-7,12H2,1H3/b25-11+. The van der Waals surface area contributed by atoms with Gasteiger partial charge in [-0.15, -0.1) is 0 Å². The number of nitrogens with one attached hydrogen (secondary N) is 1. The minimum absolute atomic E-state index is 0.00216. The second kappa shape index (κ2) is 10.6. The predicted octanol–water partition coefficient (Wildman–Crippen LogP) is 2.16. The number of sulfonamides is 1. The molecule has 192 valence electrons. The zero-order valence-electron chi connectivity index (χ0n) is 19.1. The molecule has 2 heterocycles. The number of fused-ring (bicyclic) bond motifs is 1. The Morgan fingerprint density at radius 1 is 1.14 bits per heavy atom. The maximum atomic E-state index is 12.4.